The Morgan fingerprint density at radius 1 is 1.33 bits per heavy atom. The summed E-state index contributed by atoms with van der Waals surface area (Å²) in [4.78, 5) is 0. The second kappa shape index (κ2) is 5.20. The molecule has 0 fully saturated rings. The van der Waals surface area contributed by atoms with E-state index in [-0.39, 0.29) is 16.7 Å². The third-order valence-corrected chi connectivity index (χ3v) is 5.02. The lowest BCUT2D eigenvalue weighted by molar-refractivity contribution is 0.579. The number of alkyl halides is 1. The molecule has 2 aromatic rings. The van der Waals surface area contributed by atoms with E-state index in [1.165, 1.54) is 0 Å². The van der Waals surface area contributed by atoms with Crippen LogP contribution < -0.4 is 0 Å². The van der Waals surface area contributed by atoms with Gasteiger partial charge in [0.2, 0.25) is 0 Å². The van der Waals surface area contributed by atoms with Crippen molar-refractivity contribution < 1.29 is 8.42 Å². The molecular formula is C12H13ClN2O2S. The Morgan fingerprint density at radius 2 is 2.06 bits per heavy atom. The number of hydrogen-bond acceptors (Lipinski definition) is 4. The highest BCUT2D eigenvalue weighted by Gasteiger charge is 2.22. The van der Waals surface area contributed by atoms with Gasteiger partial charge in [0.05, 0.1) is 11.9 Å². The van der Waals surface area contributed by atoms with E-state index >= 15 is 0 Å². The maximum Gasteiger partial charge on any atom is 0.198 e. The number of halogens is 1. The summed E-state index contributed by atoms with van der Waals surface area (Å²) in [5.74, 6) is 0.175. The van der Waals surface area contributed by atoms with E-state index < -0.39 is 9.84 Å². The highest BCUT2D eigenvalue weighted by molar-refractivity contribution is 7.91. The number of aromatic nitrogens is 2. The van der Waals surface area contributed by atoms with Gasteiger partial charge >= 0.3 is 0 Å². The van der Waals surface area contributed by atoms with Crippen LogP contribution in [0.5, 0.6) is 0 Å². The summed E-state index contributed by atoms with van der Waals surface area (Å²) in [5.41, 5.74) is 0. The molecule has 96 valence electrons. The van der Waals surface area contributed by atoms with Crippen molar-refractivity contribution in [1.82, 2.24) is 10.2 Å². The van der Waals surface area contributed by atoms with Crippen molar-refractivity contribution in [2.45, 2.75) is 11.9 Å². The van der Waals surface area contributed by atoms with Gasteiger partial charge in [-0.15, -0.1) is 16.7 Å². The third kappa shape index (κ3) is 2.62. The quantitative estimate of drug-likeness (QED) is 0.808. The minimum Gasteiger partial charge on any atom is -0.222 e. The Hall–Kier alpha value is -1.20. The van der Waals surface area contributed by atoms with Gasteiger partial charge in [0.15, 0.2) is 14.9 Å². The van der Waals surface area contributed by atoms with E-state index in [9.17, 15) is 8.42 Å². The van der Waals surface area contributed by atoms with Crippen LogP contribution in [0.2, 0.25) is 0 Å². The highest BCUT2D eigenvalue weighted by Crippen LogP contribution is 2.21. The molecule has 2 rings (SSSR count). The average Bonchev–Trinajstić information content (AvgIpc) is 2.37. The van der Waals surface area contributed by atoms with Crippen molar-refractivity contribution in [3.63, 3.8) is 0 Å². The fourth-order valence-electron chi connectivity index (χ4n) is 1.73. The minimum atomic E-state index is -3.46. The first-order chi connectivity index (χ1) is 8.54. The second-order valence-electron chi connectivity index (χ2n) is 4.28. The molecule has 1 aromatic heterocycles. The zero-order valence-corrected chi connectivity index (χ0v) is 11.4. The van der Waals surface area contributed by atoms with Gasteiger partial charge in [-0.3, -0.25) is 0 Å². The van der Waals surface area contributed by atoms with Crippen LogP contribution in [-0.4, -0.2) is 30.2 Å². The zero-order chi connectivity index (χ0) is 13.2. The highest BCUT2D eigenvalue weighted by atomic mass is 35.5. The van der Waals surface area contributed by atoms with Crippen LogP contribution in [0.3, 0.4) is 0 Å². The van der Waals surface area contributed by atoms with Gasteiger partial charge in [0.25, 0.3) is 0 Å². The first-order valence-electron chi connectivity index (χ1n) is 5.54. The van der Waals surface area contributed by atoms with Gasteiger partial charge in [-0.25, -0.2) is 8.42 Å². The van der Waals surface area contributed by atoms with E-state index in [0.29, 0.717) is 11.3 Å². The molecule has 0 amide bonds. The molecule has 0 spiro atoms. The summed E-state index contributed by atoms with van der Waals surface area (Å²) in [6.45, 7) is 1.79. The minimum absolute atomic E-state index is 0.0147. The van der Waals surface area contributed by atoms with Gasteiger partial charge in [-0.05, 0) is 5.92 Å². The molecule has 0 aliphatic rings. The Morgan fingerprint density at radius 3 is 2.78 bits per heavy atom. The van der Waals surface area contributed by atoms with Crippen molar-refractivity contribution in [3.05, 3.63) is 30.5 Å². The van der Waals surface area contributed by atoms with E-state index in [0.717, 1.165) is 5.39 Å². The number of nitrogens with zero attached hydrogens (tertiary/aromatic N) is 2. The predicted octanol–water partition coefficient (Wildman–Crippen LogP) is 2.28. The summed E-state index contributed by atoms with van der Waals surface area (Å²) in [6, 6.07) is 7.17. The Balaban J connectivity index is 2.54. The van der Waals surface area contributed by atoms with Crippen LogP contribution in [0.15, 0.2) is 35.5 Å². The number of hydrogen-bond donors (Lipinski definition) is 0. The van der Waals surface area contributed by atoms with Crippen molar-refractivity contribution in [2.75, 3.05) is 11.6 Å². The average molecular weight is 285 g/mol. The molecule has 0 aliphatic heterocycles. The van der Waals surface area contributed by atoms with E-state index in [2.05, 4.69) is 10.2 Å². The van der Waals surface area contributed by atoms with Crippen molar-refractivity contribution in [3.8, 4) is 0 Å². The number of fused-ring (bicyclic) bond motifs is 1. The predicted molar refractivity (Wildman–Crippen MR) is 71.5 cm³/mol. The summed E-state index contributed by atoms with van der Waals surface area (Å²) in [6.07, 6.45) is 1.55. The van der Waals surface area contributed by atoms with Crippen LogP contribution in [-0.2, 0) is 9.84 Å². The van der Waals surface area contributed by atoms with Crippen LogP contribution in [0.25, 0.3) is 10.8 Å². The Labute approximate surface area is 111 Å². The summed E-state index contributed by atoms with van der Waals surface area (Å²) >= 11 is 5.66. The molecule has 0 saturated heterocycles. The maximum atomic E-state index is 12.3. The molecular weight excluding hydrogens is 272 g/mol. The third-order valence-electron chi connectivity index (χ3n) is 2.60. The lowest BCUT2D eigenvalue weighted by atomic mass is 10.2. The summed E-state index contributed by atoms with van der Waals surface area (Å²) in [7, 11) is -3.46. The van der Waals surface area contributed by atoms with Gasteiger partial charge in [0, 0.05) is 16.7 Å². The molecule has 0 aliphatic carbocycles. The van der Waals surface area contributed by atoms with Crippen molar-refractivity contribution in [1.29, 1.82) is 0 Å². The second-order valence-corrected chi connectivity index (χ2v) is 6.54. The molecule has 0 radical (unpaired) electrons. The monoisotopic (exact) mass is 284 g/mol. The molecule has 1 heterocycles. The molecule has 4 nitrogen and oxygen atoms in total. The van der Waals surface area contributed by atoms with Crippen LogP contribution in [0, 0.1) is 5.92 Å². The smallest absolute Gasteiger partial charge is 0.198 e. The molecule has 1 atom stereocenters. The van der Waals surface area contributed by atoms with Crippen LogP contribution >= 0.6 is 11.6 Å². The molecule has 1 aromatic carbocycles. The summed E-state index contributed by atoms with van der Waals surface area (Å²) in [5, 5.41) is 8.95. The Bertz CT molecular complexity index is 653. The molecule has 1 unspecified atom stereocenters. The van der Waals surface area contributed by atoms with Crippen LogP contribution in [0.4, 0.5) is 0 Å². The van der Waals surface area contributed by atoms with Gasteiger partial charge in [0.1, 0.15) is 0 Å². The normalized spacial score (nSPS) is 13.7. The van der Waals surface area contributed by atoms with E-state index in [1.807, 2.05) is 12.1 Å². The number of benzene rings is 1. The van der Waals surface area contributed by atoms with E-state index in [1.54, 1.807) is 25.3 Å². The lowest BCUT2D eigenvalue weighted by Gasteiger charge is -2.09. The standard InChI is InChI=1S/C12H13ClN2O2S/c1-9(6-13)8-18(16,17)12-11-5-3-2-4-10(11)7-14-15-12/h2-5,7,9H,6,8H2,1H3. The summed E-state index contributed by atoms with van der Waals surface area (Å²) < 4.78 is 24.5. The van der Waals surface area contributed by atoms with Gasteiger partial charge in [-0.1, -0.05) is 31.2 Å². The fraction of sp³-hybridized carbons (Fsp3) is 0.333. The topological polar surface area (TPSA) is 59.9 Å². The molecule has 0 saturated carbocycles. The van der Waals surface area contributed by atoms with Crippen molar-refractivity contribution in [2.24, 2.45) is 5.92 Å². The Kier molecular flexibility index (Phi) is 3.82. The molecule has 0 bridgehead atoms. The number of sulfone groups is 1. The number of rotatable bonds is 4. The van der Waals surface area contributed by atoms with Gasteiger partial charge < -0.3 is 0 Å². The molecule has 18 heavy (non-hydrogen) atoms. The first kappa shape index (κ1) is 13.2. The van der Waals surface area contributed by atoms with Gasteiger partial charge in [-0.2, -0.15) is 5.10 Å². The zero-order valence-electron chi connectivity index (χ0n) is 9.88. The molecule has 6 heteroatoms. The lowest BCUT2D eigenvalue weighted by Crippen LogP contribution is -2.17. The molecule has 0 N–H and O–H groups in total. The first-order valence-corrected chi connectivity index (χ1v) is 7.72. The van der Waals surface area contributed by atoms with Crippen molar-refractivity contribution >= 4 is 32.2 Å². The SMILES string of the molecule is CC(CCl)CS(=O)(=O)c1nncc2ccccc12. The maximum absolute atomic E-state index is 12.3. The fourth-order valence-corrected chi connectivity index (χ4v) is 3.69. The van der Waals surface area contributed by atoms with Crippen LogP contribution in [0.1, 0.15) is 6.92 Å². The largest absolute Gasteiger partial charge is 0.222 e. The van der Waals surface area contributed by atoms with E-state index in [4.69, 9.17) is 11.6 Å².